The molecule has 7 heteroatoms. The summed E-state index contributed by atoms with van der Waals surface area (Å²) >= 11 is 1.54. The second-order valence-electron chi connectivity index (χ2n) is 7.65. The number of fused-ring (bicyclic) bond motifs is 3. The molecule has 0 bridgehead atoms. The van der Waals surface area contributed by atoms with Crippen LogP contribution in [-0.4, -0.2) is 40.6 Å². The second-order valence-corrected chi connectivity index (χ2v) is 8.74. The smallest absolute Gasteiger partial charge is 0.262 e. The number of thiophene rings is 1. The van der Waals surface area contributed by atoms with Crippen LogP contribution < -0.4 is 5.56 Å². The molecule has 0 fully saturated rings. The van der Waals surface area contributed by atoms with Crippen LogP contribution in [0.25, 0.3) is 10.2 Å². The van der Waals surface area contributed by atoms with Gasteiger partial charge in [0, 0.05) is 31.7 Å². The number of carbonyl (C=O) groups excluding carboxylic acids is 1. The van der Waals surface area contributed by atoms with Crippen molar-refractivity contribution in [3.8, 4) is 0 Å². The monoisotopic (exact) mass is 425 g/mol. The van der Waals surface area contributed by atoms with E-state index in [9.17, 15) is 9.59 Å². The Morgan fingerprint density at radius 2 is 2.10 bits per heavy atom. The maximum absolute atomic E-state index is 13.3. The van der Waals surface area contributed by atoms with Crippen LogP contribution in [0.1, 0.15) is 41.7 Å². The average Bonchev–Trinajstić information content (AvgIpc) is 3.15. The molecule has 0 spiro atoms. The van der Waals surface area contributed by atoms with Crippen LogP contribution in [-0.2, 0) is 29.0 Å². The van der Waals surface area contributed by atoms with Crippen LogP contribution in [0.15, 0.2) is 41.5 Å². The number of methoxy groups -OCH3 is 1. The number of ether oxygens (including phenoxy) is 1. The maximum Gasteiger partial charge on any atom is 0.262 e. The molecule has 1 unspecified atom stereocenters. The Balaban J connectivity index is 1.59. The zero-order valence-electron chi connectivity index (χ0n) is 17.5. The lowest BCUT2D eigenvalue weighted by molar-refractivity contribution is -0.133. The minimum Gasteiger partial charge on any atom is -0.385 e. The molecule has 1 aliphatic heterocycles. The third-order valence-corrected chi connectivity index (χ3v) is 6.92. The predicted molar refractivity (Wildman–Crippen MR) is 119 cm³/mol. The molecule has 0 aliphatic carbocycles. The molecule has 2 aromatic heterocycles. The van der Waals surface area contributed by atoms with Gasteiger partial charge in [0.15, 0.2) is 0 Å². The van der Waals surface area contributed by atoms with Crippen LogP contribution in [0.4, 0.5) is 0 Å². The molecule has 1 aliphatic rings. The second kappa shape index (κ2) is 9.10. The van der Waals surface area contributed by atoms with E-state index in [-0.39, 0.29) is 17.4 Å². The summed E-state index contributed by atoms with van der Waals surface area (Å²) in [6.07, 6.45) is 3.88. The molecule has 6 nitrogen and oxygen atoms in total. The molecule has 3 aromatic rings. The largest absolute Gasteiger partial charge is 0.385 e. The Morgan fingerprint density at radius 1 is 1.30 bits per heavy atom. The van der Waals surface area contributed by atoms with E-state index in [0.717, 1.165) is 39.1 Å². The minimum atomic E-state index is -0.127. The Labute approximate surface area is 180 Å². The predicted octanol–water partition coefficient (Wildman–Crippen LogP) is 3.57. The molecule has 0 radical (unpaired) electrons. The molecular weight excluding hydrogens is 398 g/mol. The number of rotatable bonds is 7. The standard InChI is InChI=1S/C23H27N3O3S/c1-3-17(16-8-5-4-6-9-16)22(27)25-12-10-18-19(14-25)30-21-20(18)23(28)26(15-24-21)11-7-13-29-2/h4-6,8-9,15,17H,3,7,10-14H2,1-2H3. The van der Waals surface area contributed by atoms with Crippen molar-refractivity contribution in [3.05, 3.63) is 63.0 Å². The molecule has 1 amide bonds. The van der Waals surface area contributed by atoms with E-state index in [2.05, 4.69) is 11.9 Å². The van der Waals surface area contributed by atoms with Crippen molar-refractivity contribution >= 4 is 27.5 Å². The van der Waals surface area contributed by atoms with Gasteiger partial charge in [-0.15, -0.1) is 11.3 Å². The van der Waals surface area contributed by atoms with Crippen molar-refractivity contribution in [2.24, 2.45) is 0 Å². The van der Waals surface area contributed by atoms with Gasteiger partial charge in [-0.2, -0.15) is 0 Å². The van der Waals surface area contributed by atoms with Gasteiger partial charge < -0.3 is 9.64 Å². The first-order valence-electron chi connectivity index (χ1n) is 10.5. The fourth-order valence-corrected chi connectivity index (χ4v) is 5.40. The van der Waals surface area contributed by atoms with Gasteiger partial charge in [-0.1, -0.05) is 37.3 Å². The summed E-state index contributed by atoms with van der Waals surface area (Å²) in [7, 11) is 1.66. The minimum absolute atomic E-state index is 0.0177. The van der Waals surface area contributed by atoms with Gasteiger partial charge in [-0.25, -0.2) is 4.98 Å². The lowest BCUT2D eigenvalue weighted by Crippen LogP contribution is -2.38. The van der Waals surface area contributed by atoms with Crippen molar-refractivity contribution < 1.29 is 9.53 Å². The number of benzene rings is 1. The van der Waals surface area contributed by atoms with Crippen molar-refractivity contribution in [1.82, 2.24) is 14.5 Å². The van der Waals surface area contributed by atoms with Crippen LogP contribution in [0.3, 0.4) is 0 Å². The van der Waals surface area contributed by atoms with Gasteiger partial charge in [0.25, 0.3) is 5.56 Å². The van der Waals surface area contributed by atoms with E-state index >= 15 is 0 Å². The fourth-order valence-electron chi connectivity index (χ4n) is 4.20. The van der Waals surface area contributed by atoms with E-state index in [1.807, 2.05) is 35.2 Å². The Hall–Kier alpha value is -2.51. The molecule has 1 aromatic carbocycles. The van der Waals surface area contributed by atoms with Gasteiger partial charge in [-0.3, -0.25) is 14.2 Å². The number of hydrogen-bond acceptors (Lipinski definition) is 5. The summed E-state index contributed by atoms with van der Waals surface area (Å²) in [6.45, 7) is 4.46. The topological polar surface area (TPSA) is 64.4 Å². The van der Waals surface area contributed by atoms with Crippen molar-refractivity contribution in [3.63, 3.8) is 0 Å². The third kappa shape index (κ3) is 3.91. The van der Waals surface area contributed by atoms with Crippen LogP contribution in [0, 0.1) is 0 Å². The molecule has 158 valence electrons. The number of aryl methyl sites for hydroxylation is 1. The zero-order valence-corrected chi connectivity index (χ0v) is 18.3. The molecule has 4 rings (SSSR count). The third-order valence-electron chi connectivity index (χ3n) is 5.79. The van der Waals surface area contributed by atoms with Crippen LogP contribution >= 0.6 is 11.3 Å². The molecule has 0 saturated heterocycles. The normalized spacial score (nSPS) is 14.7. The molecule has 0 N–H and O–H groups in total. The summed E-state index contributed by atoms with van der Waals surface area (Å²) in [5.41, 5.74) is 2.15. The number of aromatic nitrogens is 2. The summed E-state index contributed by atoms with van der Waals surface area (Å²) in [4.78, 5) is 34.6. The highest BCUT2D eigenvalue weighted by Gasteiger charge is 2.30. The Kier molecular flexibility index (Phi) is 6.29. The van der Waals surface area contributed by atoms with E-state index in [1.54, 1.807) is 29.3 Å². The quantitative estimate of drug-likeness (QED) is 0.543. The van der Waals surface area contributed by atoms with E-state index < -0.39 is 0 Å². The Bertz CT molecular complexity index is 1090. The zero-order chi connectivity index (χ0) is 21.1. The molecule has 3 heterocycles. The van der Waals surface area contributed by atoms with Crippen molar-refractivity contribution in [2.45, 2.75) is 45.2 Å². The van der Waals surface area contributed by atoms with Crippen molar-refractivity contribution in [2.75, 3.05) is 20.3 Å². The highest BCUT2D eigenvalue weighted by Crippen LogP contribution is 2.34. The SMILES string of the molecule is CCC(C(=O)N1CCc2c(sc3ncn(CCCOC)c(=O)c23)C1)c1ccccc1. The van der Waals surface area contributed by atoms with Gasteiger partial charge in [0.1, 0.15) is 4.83 Å². The number of carbonyl (C=O) groups is 1. The number of nitrogens with zero attached hydrogens (tertiary/aromatic N) is 3. The lowest BCUT2D eigenvalue weighted by Gasteiger charge is -2.30. The van der Waals surface area contributed by atoms with Gasteiger partial charge in [0.2, 0.25) is 5.91 Å². The molecular formula is C23H27N3O3S. The van der Waals surface area contributed by atoms with Crippen LogP contribution in [0.5, 0.6) is 0 Å². The highest BCUT2D eigenvalue weighted by molar-refractivity contribution is 7.18. The summed E-state index contributed by atoms with van der Waals surface area (Å²) < 4.78 is 6.76. The lowest BCUT2D eigenvalue weighted by atomic mass is 9.94. The summed E-state index contributed by atoms with van der Waals surface area (Å²) in [6, 6.07) is 9.98. The van der Waals surface area contributed by atoms with E-state index in [1.165, 1.54) is 0 Å². The van der Waals surface area contributed by atoms with E-state index in [0.29, 0.717) is 32.7 Å². The summed E-state index contributed by atoms with van der Waals surface area (Å²) in [5, 5.41) is 0.733. The van der Waals surface area contributed by atoms with Gasteiger partial charge in [-0.05, 0) is 30.4 Å². The van der Waals surface area contributed by atoms with E-state index in [4.69, 9.17) is 4.74 Å². The number of hydrogen-bond donors (Lipinski definition) is 0. The molecule has 1 atom stereocenters. The number of amides is 1. The Morgan fingerprint density at radius 3 is 2.83 bits per heavy atom. The van der Waals surface area contributed by atoms with Crippen LogP contribution in [0.2, 0.25) is 0 Å². The molecule has 0 saturated carbocycles. The molecule has 30 heavy (non-hydrogen) atoms. The maximum atomic E-state index is 13.3. The van der Waals surface area contributed by atoms with Gasteiger partial charge in [0.05, 0.1) is 24.2 Å². The average molecular weight is 426 g/mol. The van der Waals surface area contributed by atoms with Gasteiger partial charge >= 0.3 is 0 Å². The first-order chi connectivity index (χ1) is 14.6. The fraction of sp³-hybridized carbons (Fsp3) is 0.435. The first-order valence-corrected chi connectivity index (χ1v) is 11.3. The summed E-state index contributed by atoms with van der Waals surface area (Å²) in [5.74, 6) is 0.0370. The highest BCUT2D eigenvalue weighted by atomic mass is 32.1. The van der Waals surface area contributed by atoms with Crippen molar-refractivity contribution in [1.29, 1.82) is 0 Å². The first kappa shape index (κ1) is 20.8.